The Kier molecular flexibility index (Phi) is 2.84. The molecule has 0 bridgehead atoms. The van der Waals surface area contributed by atoms with Crippen LogP contribution < -0.4 is 0 Å². The number of rotatable bonds is 1. The Hall–Kier alpha value is -0.430. The van der Waals surface area contributed by atoms with Crippen LogP contribution in [-0.4, -0.2) is 16.1 Å². The normalized spacial score (nSPS) is 9.92. The van der Waals surface area contributed by atoms with E-state index in [0.717, 1.165) is 6.20 Å². The third kappa shape index (κ3) is 1.66. The molecule has 1 aromatic rings. The maximum Gasteiger partial charge on any atom is 0.340 e. The van der Waals surface area contributed by atoms with Crippen LogP contribution in [0.3, 0.4) is 0 Å². The number of aromatic carboxylic acids is 1. The summed E-state index contributed by atoms with van der Waals surface area (Å²) in [5.41, 5.74) is -0.531. The van der Waals surface area contributed by atoms with E-state index in [1.54, 1.807) is 22.6 Å². The number of halogens is 3. The second kappa shape index (κ2) is 3.53. The Balaban J connectivity index is 3.43. The van der Waals surface area contributed by atoms with E-state index >= 15 is 0 Å². The average Bonchev–Trinajstić information content (AvgIpc) is 1.97. The van der Waals surface area contributed by atoms with Crippen LogP contribution in [0.4, 0.5) is 4.39 Å². The van der Waals surface area contributed by atoms with Crippen molar-refractivity contribution in [3.63, 3.8) is 0 Å². The number of hydrogen-bond donors (Lipinski definition) is 1. The summed E-state index contributed by atoms with van der Waals surface area (Å²) in [5, 5.41) is 8.32. The van der Waals surface area contributed by atoms with Gasteiger partial charge in [-0.2, -0.15) is 0 Å². The summed E-state index contributed by atoms with van der Waals surface area (Å²) in [7, 11) is 0. The first kappa shape index (κ1) is 9.66. The molecule has 1 heterocycles. The fourth-order valence-electron chi connectivity index (χ4n) is 0.639. The van der Waals surface area contributed by atoms with E-state index in [1.165, 1.54) is 0 Å². The van der Waals surface area contributed by atoms with Gasteiger partial charge in [0.25, 0.3) is 0 Å². The van der Waals surface area contributed by atoms with Crippen molar-refractivity contribution in [1.29, 1.82) is 0 Å². The van der Waals surface area contributed by atoms with Crippen LogP contribution in [0.25, 0.3) is 0 Å². The molecular weight excluding hydrogens is 299 g/mol. The van der Waals surface area contributed by atoms with E-state index in [4.69, 9.17) is 16.7 Å². The lowest BCUT2D eigenvalue weighted by atomic mass is 10.2. The molecule has 12 heavy (non-hydrogen) atoms. The topological polar surface area (TPSA) is 50.2 Å². The van der Waals surface area contributed by atoms with Gasteiger partial charge in [0, 0.05) is 6.20 Å². The largest absolute Gasteiger partial charge is 0.478 e. The third-order valence-electron chi connectivity index (χ3n) is 1.14. The first-order chi connectivity index (χ1) is 5.54. The molecule has 3 nitrogen and oxygen atoms in total. The van der Waals surface area contributed by atoms with E-state index in [0.29, 0.717) is 0 Å². The molecule has 0 spiro atoms. The van der Waals surface area contributed by atoms with Gasteiger partial charge < -0.3 is 5.11 Å². The van der Waals surface area contributed by atoms with Gasteiger partial charge in [-0.1, -0.05) is 11.6 Å². The van der Waals surface area contributed by atoms with Gasteiger partial charge in [0.2, 0.25) is 0 Å². The number of carbonyl (C=O) groups is 1. The summed E-state index contributed by atoms with van der Waals surface area (Å²) in [6, 6.07) is 0. The highest BCUT2D eigenvalue weighted by Crippen LogP contribution is 2.20. The molecule has 0 unspecified atom stereocenters. The van der Waals surface area contributed by atoms with E-state index in [1.807, 2.05) is 0 Å². The Bertz CT molecular complexity index is 345. The number of aromatic nitrogens is 1. The molecule has 1 N–H and O–H groups in total. The van der Waals surface area contributed by atoms with Crippen LogP contribution in [0.1, 0.15) is 10.4 Å². The van der Waals surface area contributed by atoms with Crippen molar-refractivity contribution in [3.8, 4) is 0 Å². The summed E-state index contributed by atoms with van der Waals surface area (Å²) in [6.45, 7) is 0. The molecule has 64 valence electrons. The second-order valence-corrected chi connectivity index (χ2v) is 3.32. The molecule has 0 amide bonds. The molecule has 1 aromatic heterocycles. The highest BCUT2D eigenvalue weighted by Gasteiger charge is 2.17. The van der Waals surface area contributed by atoms with Crippen molar-refractivity contribution >= 4 is 40.2 Å². The highest BCUT2D eigenvalue weighted by molar-refractivity contribution is 14.1. The van der Waals surface area contributed by atoms with Gasteiger partial charge in [-0.3, -0.25) is 0 Å². The first-order valence-corrected chi connectivity index (χ1v) is 4.22. The summed E-state index contributed by atoms with van der Waals surface area (Å²) < 4.78 is 13.0. The van der Waals surface area contributed by atoms with Gasteiger partial charge in [0.15, 0.2) is 5.82 Å². The van der Waals surface area contributed by atoms with Crippen LogP contribution in [0.5, 0.6) is 0 Å². The Morgan fingerprint density at radius 2 is 2.33 bits per heavy atom. The van der Waals surface area contributed by atoms with Crippen molar-refractivity contribution in [2.45, 2.75) is 0 Å². The minimum Gasteiger partial charge on any atom is -0.478 e. The van der Waals surface area contributed by atoms with E-state index in [2.05, 4.69) is 4.98 Å². The van der Waals surface area contributed by atoms with Crippen molar-refractivity contribution in [2.75, 3.05) is 0 Å². The molecule has 0 fully saturated rings. The molecule has 0 saturated heterocycles. The molecule has 0 atom stereocenters. The summed E-state index contributed by atoms with van der Waals surface area (Å²) in [4.78, 5) is 14.0. The number of hydrogen-bond acceptors (Lipinski definition) is 2. The first-order valence-electron chi connectivity index (χ1n) is 2.77. The monoisotopic (exact) mass is 301 g/mol. The molecule has 0 saturated carbocycles. The van der Waals surface area contributed by atoms with E-state index in [9.17, 15) is 9.18 Å². The maximum atomic E-state index is 13.0. The lowest BCUT2D eigenvalue weighted by Crippen LogP contribution is -2.04. The zero-order valence-electron chi connectivity index (χ0n) is 5.51. The lowest BCUT2D eigenvalue weighted by molar-refractivity contribution is 0.0691. The molecular formula is C6H2ClFINO2. The van der Waals surface area contributed by atoms with E-state index in [-0.39, 0.29) is 8.72 Å². The van der Waals surface area contributed by atoms with Gasteiger partial charge in [-0.15, -0.1) is 0 Å². The Morgan fingerprint density at radius 3 is 2.75 bits per heavy atom. The quantitative estimate of drug-likeness (QED) is 0.639. The van der Waals surface area contributed by atoms with Gasteiger partial charge in [0.1, 0.15) is 9.26 Å². The van der Waals surface area contributed by atoms with E-state index < -0.39 is 17.3 Å². The molecule has 0 aliphatic heterocycles. The predicted octanol–water partition coefficient (Wildman–Crippen LogP) is 2.18. The van der Waals surface area contributed by atoms with Crippen molar-refractivity contribution < 1.29 is 14.3 Å². The number of carboxylic acids is 1. The van der Waals surface area contributed by atoms with Gasteiger partial charge in [-0.25, -0.2) is 14.2 Å². The van der Waals surface area contributed by atoms with Crippen LogP contribution in [0.2, 0.25) is 5.02 Å². The fraction of sp³-hybridized carbons (Fsp3) is 0. The lowest BCUT2D eigenvalue weighted by Gasteiger charge is -2.00. The summed E-state index contributed by atoms with van der Waals surface area (Å²) >= 11 is 7.00. The summed E-state index contributed by atoms with van der Waals surface area (Å²) in [5.74, 6) is -2.28. The van der Waals surface area contributed by atoms with Gasteiger partial charge >= 0.3 is 5.97 Å². The van der Waals surface area contributed by atoms with Gasteiger partial charge in [0.05, 0.1) is 5.02 Å². The summed E-state index contributed by atoms with van der Waals surface area (Å²) in [6.07, 6.45) is 1.11. The average molecular weight is 301 g/mol. The minimum atomic E-state index is -1.39. The van der Waals surface area contributed by atoms with Crippen LogP contribution >= 0.6 is 34.2 Å². The molecule has 0 aliphatic rings. The molecule has 0 radical (unpaired) electrons. The number of pyridine rings is 1. The molecule has 0 aliphatic carbocycles. The maximum absolute atomic E-state index is 13.0. The Morgan fingerprint density at radius 1 is 1.75 bits per heavy atom. The van der Waals surface area contributed by atoms with Crippen LogP contribution in [0.15, 0.2) is 6.20 Å². The highest BCUT2D eigenvalue weighted by atomic mass is 127. The second-order valence-electron chi connectivity index (χ2n) is 1.89. The zero-order valence-corrected chi connectivity index (χ0v) is 8.43. The number of carboxylic acid groups (broad SMARTS) is 1. The van der Waals surface area contributed by atoms with Crippen molar-refractivity contribution in [3.05, 3.63) is 26.3 Å². The van der Waals surface area contributed by atoms with Gasteiger partial charge in [-0.05, 0) is 22.6 Å². The standard InChI is InChI=1S/C6H2ClFINO2/c7-2-1-10-5(9)4(8)3(2)6(11)12/h1H,(H,11,12). The minimum absolute atomic E-state index is 0.00519. The SMILES string of the molecule is O=C(O)c1c(Cl)cnc(I)c1F. The van der Waals surface area contributed by atoms with Crippen molar-refractivity contribution in [1.82, 2.24) is 4.98 Å². The molecule has 6 heteroatoms. The number of nitrogens with zero attached hydrogens (tertiary/aromatic N) is 1. The molecule has 1 rings (SSSR count). The van der Waals surface area contributed by atoms with Crippen LogP contribution in [0, 0.1) is 9.52 Å². The predicted molar refractivity (Wildman–Crippen MR) is 48.9 cm³/mol. The smallest absolute Gasteiger partial charge is 0.340 e. The van der Waals surface area contributed by atoms with Crippen LogP contribution in [-0.2, 0) is 0 Å². The van der Waals surface area contributed by atoms with Crippen molar-refractivity contribution in [2.24, 2.45) is 0 Å². The molecule has 0 aromatic carbocycles. The Labute approximate surface area is 85.7 Å². The fourth-order valence-corrected chi connectivity index (χ4v) is 1.26. The third-order valence-corrected chi connectivity index (χ3v) is 2.18. The zero-order chi connectivity index (χ0) is 9.30.